The summed E-state index contributed by atoms with van der Waals surface area (Å²) in [7, 11) is 1.87. The van der Waals surface area contributed by atoms with Crippen molar-refractivity contribution in [3.63, 3.8) is 0 Å². The molecular weight excluding hydrogens is 266 g/mol. The lowest BCUT2D eigenvalue weighted by Crippen LogP contribution is -2.34. The van der Waals surface area contributed by atoms with Crippen molar-refractivity contribution in [1.82, 2.24) is 4.90 Å². The van der Waals surface area contributed by atoms with Crippen molar-refractivity contribution in [2.24, 2.45) is 0 Å². The molecule has 0 bridgehead atoms. The highest BCUT2D eigenvalue weighted by atomic mass is 35.5. The van der Waals surface area contributed by atoms with E-state index in [2.05, 4.69) is 5.32 Å². The SMILES string of the molecule is CC(CO)N(C)CCC(=O)Nc1ccc(Cl)c(N)c1. The molecule has 0 radical (unpaired) electrons. The summed E-state index contributed by atoms with van der Waals surface area (Å²) < 4.78 is 0. The van der Waals surface area contributed by atoms with E-state index < -0.39 is 0 Å². The van der Waals surface area contributed by atoms with Crippen LogP contribution in [0, 0.1) is 0 Å². The van der Waals surface area contributed by atoms with Crippen LogP contribution in [0.2, 0.25) is 5.02 Å². The summed E-state index contributed by atoms with van der Waals surface area (Å²) in [5.74, 6) is -0.0984. The van der Waals surface area contributed by atoms with Crippen molar-refractivity contribution in [1.29, 1.82) is 0 Å². The summed E-state index contributed by atoms with van der Waals surface area (Å²) in [4.78, 5) is 13.7. The van der Waals surface area contributed by atoms with Crippen LogP contribution >= 0.6 is 11.6 Å². The van der Waals surface area contributed by atoms with Crippen LogP contribution in [0.4, 0.5) is 11.4 Å². The Balaban J connectivity index is 2.45. The molecule has 0 aliphatic carbocycles. The quantitative estimate of drug-likeness (QED) is 0.693. The van der Waals surface area contributed by atoms with E-state index in [1.165, 1.54) is 0 Å². The van der Waals surface area contributed by atoms with Crippen LogP contribution in [-0.2, 0) is 4.79 Å². The maximum absolute atomic E-state index is 11.7. The number of aliphatic hydroxyl groups is 1. The minimum Gasteiger partial charge on any atom is -0.397 e. The van der Waals surface area contributed by atoms with E-state index in [9.17, 15) is 4.79 Å². The molecule has 1 unspecified atom stereocenters. The lowest BCUT2D eigenvalue weighted by atomic mass is 10.2. The number of aliphatic hydroxyl groups excluding tert-OH is 1. The lowest BCUT2D eigenvalue weighted by molar-refractivity contribution is -0.116. The minimum absolute atomic E-state index is 0.0407. The molecule has 1 aromatic rings. The molecule has 0 aromatic heterocycles. The van der Waals surface area contributed by atoms with E-state index in [0.29, 0.717) is 29.4 Å². The minimum atomic E-state index is -0.0984. The number of nitrogens with one attached hydrogen (secondary N) is 1. The van der Waals surface area contributed by atoms with Gasteiger partial charge in [0.2, 0.25) is 5.91 Å². The van der Waals surface area contributed by atoms with Crippen molar-refractivity contribution >= 4 is 28.9 Å². The molecule has 1 rings (SSSR count). The molecule has 0 aliphatic rings. The number of benzene rings is 1. The number of carbonyl (C=O) groups is 1. The molecule has 4 N–H and O–H groups in total. The smallest absolute Gasteiger partial charge is 0.225 e. The third kappa shape index (κ3) is 5.06. The van der Waals surface area contributed by atoms with Gasteiger partial charge < -0.3 is 21.1 Å². The van der Waals surface area contributed by atoms with Gasteiger partial charge in [-0.1, -0.05) is 11.6 Å². The van der Waals surface area contributed by atoms with Crippen LogP contribution in [0.3, 0.4) is 0 Å². The van der Waals surface area contributed by atoms with Gasteiger partial charge in [-0.05, 0) is 32.2 Å². The number of nitrogens with two attached hydrogens (primary N) is 1. The molecule has 0 saturated carbocycles. The topological polar surface area (TPSA) is 78.6 Å². The second-order valence-corrected chi connectivity index (χ2v) is 4.95. The van der Waals surface area contributed by atoms with Gasteiger partial charge in [0.05, 0.1) is 17.3 Å². The Bertz CT molecular complexity index is 440. The Morgan fingerprint density at radius 1 is 1.58 bits per heavy atom. The van der Waals surface area contributed by atoms with E-state index in [-0.39, 0.29) is 18.6 Å². The Morgan fingerprint density at radius 2 is 2.26 bits per heavy atom. The lowest BCUT2D eigenvalue weighted by Gasteiger charge is -2.22. The number of likely N-dealkylation sites (N-methyl/N-ethyl adjacent to an activating group) is 1. The number of anilines is 2. The summed E-state index contributed by atoms with van der Waals surface area (Å²) in [5, 5.41) is 12.2. The Hall–Kier alpha value is -1.30. The molecule has 1 amide bonds. The third-order valence-electron chi connectivity index (χ3n) is 2.99. The summed E-state index contributed by atoms with van der Waals surface area (Å²) >= 11 is 5.80. The molecule has 0 fully saturated rings. The molecule has 6 heteroatoms. The largest absolute Gasteiger partial charge is 0.397 e. The molecule has 19 heavy (non-hydrogen) atoms. The summed E-state index contributed by atoms with van der Waals surface area (Å²) in [5.41, 5.74) is 6.72. The zero-order valence-electron chi connectivity index (χ0n) is 11.2. The first-order chi connectivity index (χ1) is 8.93. The van der Waals surface area contributed by atoms with Crippen molar-refractivity contribution in [2.75, 3.05) is 31.2 Å². The number of carbonyl (C=O) groups excluding carboxylic acids is 1. The third-order valence-corrected chi connectivity index (χ3v) is 3.33. The zero-order chi connectivity index (χ0) is 14.4. The molecule has 0 saturated heterocycles. The maximum Gasteiger partial charge on any atom is 0.225 e. The molecule has 1 aromatic carbocycles. The van der Waals surface area contributed by atoms with Crippen LogP contribution < -0.4 is 11.1 Å². The fraction of sp³-hybridized carbons (Fsp3) is 0.462. The van der Waals surface area contributed by atoms with Gasteiger partial charge in [0, 0.05) is 24.7 Å². The number of halogens is 1. The highest BCUT2D eigenvalue weighted by Crippen LogP contribution is 2.22. The predicted molar refractivity (Wildman–Crippen MR) is 78.3 cm³/mol. The maximum atomic E-state index is 11.7. The van der Waals surface area contributed by atoms with E-state index in [1.54, 1.807) is 18.2 Å². The average molecular weight is 286 g/mol. The Morgan fingerprint density at radius 3 is 2.84 bits per heavy atom. The second kappa shape index (κ2) is 7.33. The zero-order valence-corrected chi connectivity index (χ0v) is 11.9. The standard InChI is InChI=1S/C13H20ClN3O2/c1-9(8-18)17(2)6-5-13(19)16-10-3-4-11(14)12(15)7-10/h3-4,7,9,18H,5-6,8,15H2,1-2H3,(H,16,19). The van der Waals surface area contributed by atoms with Crippen molar-refractivity contribution in [3.05, 3.63) is 23.2 Å². The Labute approximate surface area is 118 Å². The van der Waals surface area contributed by atoms with Gasteiger partial charge in [-0.2, -0.15) is 0 Å². The fourth-order valence-electron chi connectivity index (χ4n) is 1.48. The number of hydrogen-bond acceptors (Lipinski definition) is 4. The molecule has 106 valence electrons. The van der Waals surface area contributed by atoms with Crippen LogP contribution in [0.15, 0.2) is 18.2 Å². The highest BCUT2D eigenvalue weighted by molar-refractivity contribution is 6.33. The van der Waals surface area contributed by atoms with E-state index >= 15 is 0 Å². The van der Waals surface area contributed by atoms with Gasteiger partial charge in [0.25, 0.3) is 0 Å². The van der Waals surface area contributed by atoms with Gasteiger partial charge >= 0.3 is 0 Å². The van der Waals surface area contributed by atoms with Gasteiger partial charge in [0.15, 0.2) is 0 Å². The molecular formula is C13H20ClN3O2. The van der Waals surface area contributed by atoms with Crippen molar-refractivity contribution < 1.29 is 9.90 Å². The first-order valence-corrected chi connectivity index (χ1v) is 6.47. The monoisotopic (exact) mass is 285 g/mol. The van der Waals surface area contributed by atoms with Crippen LogP contribution in [-0.4, -0.2) is 42.2 Å². The highest BCUT2D eigenvalue weighted by Gasteiger charge is 2.10. The summed E-state index contributed by atoms with van der Waals surface area (Å²) in [6.45, 7) is 2.56. The number of nitrogens with zero attached hydrogens (tertiary/aromatic N) is 1. The van der Waals surface area contributed by atoms with Crippen LogP contribution in [0.5, 0.6) is 0 Å². The number of nitrogen functional groups attached to an aromatic ring is 1. The molecule has 0 heterocycles. The number of rotatable bonds is 6. The average Bonchev–Trinajstić information content (AvgIpc) is 2.39. The molecule has 5 nitrogen and oxygen atoms in total. The summed E-state index contributed by atoms with van der Waals surface area (Å²) in [6, 6.07) is 5.02. The van der Waals surface area contributed by atoms with Crippen molar-refractivity contribution in [3.8, 4) is 0 Å². The van der Waals surface area contributed by atoms with Crippen LogP contribution in [0.25, 0.3) is 0 Å². The van der Waals surface area contributed by atoms with E-state index in [0.717, 1.165) is 0 Å². The van der Waals surface area contributed by atoms with E-state index in [1.807, 2.05) is 18.9 Å². The molecule has 1 atom stereocenters. The number of amides is 1. The first-order valence-electron chi connectivity index (χ1n) is 6.10. The molecule has 0 aliphatic heterocycles. The number of hydrogen-bond donors (Lipinski definition) is 3. The molecule has 0 spiro atoms. The van der Waals surface area contributed by atoms with Gasteiger partial charge in [-0.25, -0.2) is 0 Å². The summed E-state index contributed by atoms with van der Waals surface area (Å²) in [6.07, 6.45) is 0.351. The Kier molecular flexibility index (Phi) is 6.08. The first kappa shape index (κ1) is 15.8. The van der Waals surface area contributed by atoms with Crippen molar-refractivity contribution in [2.45, 2.75) is 19.4 Å². The fourth-order valence-corrected chi connectivity index (χ4v) is 1.60. The predicted octanol–water partition coefficient (Wildman–Crippen LogP) is 1.56. The second-order valence-electron chi connectivity index (χ2n) is 4.55. The van der Waals surface area contributed by atoms with Gasteiger partial charge in [-0.3, -0.25) is 4.79 Å². The van der Waals surface area contributed by atoms with E-state index in [4.69, 9.17) is 22.4 Å². The van der Waals surface area contributed by atoms with Gasteiger partial charge in [-0.15, -0.1) is 0 Å². The van der Waals surface area contributed by atoms with Gasteiger partial charge in [0.1, 0.15) is 0 Å². The normalized spacial score (nSPS) is 12.5. The van der Waals surface area contributed by atoms with Crippen LogP contribution in [0.1, 0.15) is 13.3 Å².